The van der Waals surface area contributed by atoms with E-state index >= 15 is 0 Å². The van der Waals surface area contributed by atoms with Gasteiger partial charge in [-0.2, -0.15) is 5.26 Å². The van der Waals surface area contributed by atoms with Gasteiger partial charge >= 0.3 is 0 Å². The summed E-state index contributed by atoms with van der Waals surface area (Å²) in [5.41, 5.74) is 9.96. The number of anilines is 1. The zero-order valence-electron chi connectivity index (χ0n) is 18.6. The Kier molecular flexibility index (Phi) is 5.52. The molecule has 0 saturated carbocycles. The maximum Gasteiger partial charge on any atom is 0.254 e. The molecule has 1 atom stereocenters. The highest BCUT2D eigenvalue weighted by Gasteiger charge is 2.32. The summed E-state index contributed by atoms with van der Waals surface area (Å²) in [6.07, 6.45) is 3.83. The monoisotopic (exact) mass is 450 g/mol. The lowest BCUT2D eigenvalue weighted by molar-refractivity contribution is 0.0591. The van der Waals surface area contributed by atoms with Gasteiger partial charge in [-0.1, -0.05) is 0 Å². The van der Waals surface area contributed by atoms with Crippen LogP contribution in [0.25, 0.3) is 10.9 Å². The molecular formula is C26H22N6O2. The van der Waals surface area contributed by atoms with Crippen molar-refractivity contribution in [3.05, 3.63) is 89.0 Å². The third kappa shape index (κ3) is 3.99. The fourth-order valence-corrected chi connectivity index (χ4v) is 4.17. The number of rotatable bonds is 4. The first-order valence-corrected chi connectivity index (χ1v) is 10.9. The summed E-state index contributed by atoms with van der Waals surface area (Å²) in [7, 11) is 0. The molecule has 168 valence electrons. The van der Waals surface area contributed by atoms with Crippen LogP contribution in [0.15, 0.2) is 60.9 Å². The molecule has 4 aromatic rings. The number of nitrogen functional groups attached to an aromatic ring is 1. The third-order valence-electron chi connectivity index (χ3n) is 5.98. The minimum absolute atomic E-state index is 0.147. The van der Waals surface area contributed by atoms with Crippen molar-refractivity contribution >= 4 is 22.6 Å². The number of nitriles is 1. The predicted octanol–water partition coefficient (Wildman–Crippen LogP) is 3.95. The molecule has 4 heterocycles. The van der Waals surface area contributed by atoms with Crippen LogP contribution in [0.2, 0.25) is 0 Å². The fraction of sp³-hybridized carbons (Fsp3) is 0.192. The van der Waals surface area contributed by atoms with E-state index < -0.39 is 0 Å². The molecule has 1 aliphatic heterocycles. The van der Waals surface area contributed by atoms with E-state index in [2.05, 4.69) is 21.0 Å². The van der Waals surface area contributed by atoms with E-state index in [0.29, 0.717) is 41.4 Å². The van der Waals surface area contributed by atoms with E-state index in [1.54, 1.807) is 29.3 Å². The van der Waals surface area contributed by atoms with Gasteiger partial charge in [0.25, 0.3) is 5.91 Å². The molecule has 0 bridgehead atoms. The molecule has 0 saturated heterocycles. The molecule has 0 radical (unpaired) electrons. The second kappa shape index (κ2) is 8.79. The van der Waals surface area contributed by atoms with Gasteiger partial charge in [0.1, 0.15) is 23.3 Å². The van der Waals surface area contributed by atoms with Gasteiger partial charge in [-0.05, 0) is 61.0 Å². The Hall–Kier alpha value is -4.51. The van der Waals surface area contributed by atoms with Gasteiger partial charge in [-0.3, -0.25) is 14.8 Å². The molecule has 0 aliphatic carbocycles. The number of benzene rings is 1. The van der Waals surface area contributed by atoms with Crippen molar-refractivity contribution in [1.82, 2.24) is 19.9 Å². The van der Waals surface area contributed by atoms with Gasteiger partial charge in [0.15, 0.2) is 0 Å². The quantitative estimate of drug-likeness (QED) is 0.500. The Bertz CT molecular complexity index is 1430. The van der Waals surface area contributed by atoms with Crippen LogP contribution in [0.4, 0.5) is 5.82 Å². The summed E-state index contributed by atoms with van der Waals surface area (Å²) >= 11 is 0. The Labute approximate surface area is 196 Å². The summed E-state index contributed by atoms with van der Waals surface area (Å²) in [5, 5.41) is 9.94. The number of ether oxygens (including phenoxy) is 1. The molecule has 34 heavy (non-hydrogen) atoms. The average molecular weight is 451 g/mol. The summed E-state index contributed by atoms with van der Waals surface area (Å²) in [6.45, 7) is 2.64. The van der Waals surface area contributed by atoms with E-state index in [4.69, 9.17) is 15.7 Å². The molecule has 1 amide bonds. The van der Waals surface area contributed by atoms with Gasteiger partial charge < -0.3 is 15.4 Å². The Morgan fingerprint density at radius 3 is 2.91 bits per heavy atom. The largest absolute Gasteiger partial charge is 0.491 e. The van der Waals surface area contributed by atoms with Crippen molar-refractivity contribution in [1.29, 1.82) is 5.26 Å². The van der Waals surface area contributed by atoms with Crippen molar-refractivity contribution in [2.24, 2.45) is 0 Å². The van der Waals surface area contributed by atoms with Crippen LogP contribution in [0, 0.1) is 18.3 Å². The van der Waals surface area contributed by atoms with E-state index in [9.17, 15) is 4.79 Å². The minimum atomic E-state index is -0.281. The average Bonchev–Trinajstić information content (AvgIpc) is 2.87. The van der Waals surface area contributed by atoms with Gasteiger partial charge in [0.05, 0.1) is 36.0 Å². The van der Waals surface area contributed by atoms with Crippen LogP contribution in [0.5, 0.6) is 5.75 Å². The molecule has 3 aromatic heterocycles. The second-order valence-corrected chi connectivity index (χ2v) is 8.22. The lowest BCUT2D eigenvalue weighted by Gasteiger charge is -2.35. The van der Waals surface area contributed by atoms with Crippen LogP contribution in [0.1, 0.15) is 45.3 Å². The number of nitrogens with two attached hydrogens (primary N) is 1. The predicted molar refractivity (Wildman–Crippen MR) is 127 cm³/mol. The standard InChI is InChI=1S/C26H22N6O2/c1-16-11-19-12-18(5-7-21(19)31-25(16)28)26(33)32(15-20-6-4-17(13-27)14-30-20)22-8-10-34-23-3-2-9-29-24(22)23/h2-7,9,11-12,14,22H,8,10,15H2,1H3,(H2,28,31)/t22-/m1/s1. The summed E-state index contributed by atoms with van der Waals surface area (Å²) < 4.78 is 5.78. The van der Waals surface area contributed by atoms with Crippen LogP contribution in [0.3, 0.4) is 0 Å². The zero-order chi connectivity index (χ0) is 23.7. The van der Waals surface area contributed by atoms with E-state index in [1.165, 1.54) is 6.20 Å². The van der Waals surface area contributed by atoms with Crippen molar-refractivity contribution in [2.45, 2.75) is 25.9 Å². The number of carbonyl (C=O) groups is 1. The first kappa shape index (κ1) is 21.3. The maximum absolute atomic E-state index is 13.9. The van der Waals surface area contributed by atoms with Crippen molar-refractivity contribution < 1.29 is 9.53 Å². The smallest absolute Gasteiger partial charge is 0.254 e. The molecule has 1 aliphatic rings. The molecule has 0 spiro atoms. The number of hydrogen-bond acceptors (Lipinski definition) is 7. The number of pyridine rings is 3. The first-order chi connectivity index (χ1) is 16.5. The SMILES string of the molecule is Cc1cc2cc(C(=O)N(Cc3ccc(C#N)cn3)[C@@H]3CCOc4cccnc43)ccc2nc1N. The number of aryl methyl sites for hydroxylation is 1. The summed E-state index contributed by atoms with van der Waals surface area (Å²) in [4.78, 5) is 29.0. The highest BCUT2D eigenvalue weighted by atomic mass is 16.5. The topological polar surface area (TPSA) is 118 Å². The molecule has 1 aromatic carbocycles. The van der Waals surface area contributed by atoms with Gasteiger partial charge in [0.2, 0.25) is 0 Å². The number of fused-ring (bicyclic) bond motifs is 2. The van der Waals surface area contributed by atoms with E-state index in [-0.39, 0.29) is 18.5 Å². The van der Waals surface area contributed by atoms with Crippen LogP contribution in [-0.4, -0.2) is 32.4 Å². The number of nitrogens with zero attached hydrogens (tertiary/aromatic N) is 5. The van der Waals surface area contributed by atoms with E-state index in [0.717, 1.165) is 22.2 Å². The van der Waals surface area contributed by atoms with Crippen LogP contribution >= 0.6 is 0 Å². The third-order valence-corrected chi connectivity index (χ3v) is 5.98. The van der Waals surface area contributed by atoms with E-state index in [1.807, 2.05) is 37.3 Å². The molecule has 2 N–H and O–H groups in total. The number of aromatic nitrogens is 3. The first-order valence-electron chi connectivity index (χ1n) is 10.9. The zero-order valence-corrected chi connectivity index (χ0v) is 18.6. The number of carbonyl (C=O) groups excluding carboxylic acids is 1. The van der Waals surface area contributed by atoms with Crippen LogP contribution < -0.4 is 10.5 Å². The lowest BCUT2D eigenvalue weighted by atomic mass is 10.0. The minimum Gasteiger partial charge on any atom is -0.491 e. The lowest BCUT2D eigenvalue weighted by Crippen LogP contribution is -2.37. The molecule has 0 unspecified atom stereocenters. The fourth-order valence-electron chi connectivity index (χ4n) is 4.17. The molecule has 5 rings (SSSR count). The number of hydrogen-bond donors (Lipinski definition) is 1. The Balaban J connectivity index is 1.56. The van der Waals surface area contributed by atoms with Gasteiger partial charge in [-0.15, -0.1) is 0 Å². The summed E-state index contributed by atoms with van der Waals surface area (Å²) in [6, 6.07) is 16.3. The second-order valence-electron chi connectivity index (χ2n) is 8.22. The summed E-state index contributed by atoms with van der Waals surface area (Å²) in [5.74, 6) is 1.01. The highest BCUT2D eigenvalue weighted by molar-refractivity contribution is 5.98. The Morgan fingerprint density at radius 1 is 1.24 bits per heavy atom. The van der Waals surface area contributed by atoms with Gasteiger partial charge in [-0.25, -0.2) is 4.98 Å². The van der Waals surface area contributed by atoms with Crippen LogP contribution in [-0.2, 0) is 6.54 Å². The van der Waals surface area contributed by atoms with Crippen molar-refractivity contribution in [3.8, 4) is 11.8 Å². The van der Waals surface area contributed by atoms with Gasteiger partial charge in [0, 0.05) is 29.8 Å². The normalized spacial score (nSPS) is 14.6. The van der Waals surface area contributed by atoms with Crippen molar-refractivity contribution in [2.75, 3.05) is 12.3 Å². The molecule has 0 fully saturated rings. The maximum atomic E-state index is 13.9. The highest BCUT2D eigenvalue weighted by Crippen LogP contribution is 2.36. The molecule has 8 nitrogen and oxygen atoms in total. The Morgan fingerprint density at radius 2 is 2.12 bits per heavy atom. The number of amides is 1. The molecule has 8 heteroatoms. The molecular weight excluding hydrogens is 428 g/mol. The van der Waals surface area contributed by atoms with Crippen molar-refractivity contribution in [3.63, 3.8) is 0 Å².